The Morgan fingerprint density at radius 3 is 1.12 bits per heavy atom. The van der Waals surface area contributed by atoms with E-state index >= 15 is 0 Å². The lowest BCUT2D eigenvalue weighted by Gasteiger charge is -2.33. The minimum absolute atomic E-state index is 0.0969. The molecule has 0 spiro atoms. The van der Waals surface area contributed by atoms with E-state index < -0.39 is 0 Å². The van der Waals surface area contributed by atoms with Crippen LogP contribution in [0.25, 0.3) is 22.3 Å². The zero-order valence-electron chi connectivity index (χ0n) is 28.3. The van der Waals surface area contributed by atoms with Crippen molar-refractivity contribution in [3.8, 4) is 22.3 Å². The lowest BCUT2D eigenvalue weighted by molar-refractivity contribution is 0.0824. The molecule has 252 valence electrons. The Morgan fingerprint density at radius 1 is 0.490 bits per heavy atom. The maximum Gasteiger partial charge on any atom is 0.409 e. The summed E-state index contributed by atoms with van der Waals surface area (Å²) >= 11 is 0. The first kappa shape index (κ1) is 31.7. The maximum atomic E-state index is 13.1. The number of nitrogens with zero attached hydrogens (tertiary/aromatic N) is 2. The molecule has 2 saturated heterocycles. The average Bonchev–Trinajstić information content (AvgIpc) is 3.66. The predicted molar refractivity (Wildman–Crippen MR) is 193 cm³/mol. The fourth-order valence-electron chi connectivity index (χ4n) is 8.87. The van der Waals surface area contributed by atoms with Gasteiger partial charge in [-0.3, -0.25) is 0 Å². The second-order valence-corrected chi connectivity index (χ2v) is 14.4. The number of rotatable bonds is 8. The van der Waals surface area contributed by atoms with Crippen LogP contribution in [0.3, 0.4) is 0 Å². The molecule has 2 aliphatic carbocycles. The molecule has 2 heterocycles. The monoisotopic (exact) mass is 654 g/mol. The molecule has 0 saturated carbocycles. The first-order chi connectivity index (χ1) is 24.1. The second kappa shape index (κ2) is 14.1. The fraction of sp³-hybridized carbons (Fsp3) is 0.395. The molecule has 0 bridgehead atoms. The van der Waals surface area contributed by atoms with Crippen LogP contribution in [-0.2, 0) is 9.47 Å². The number of benzene rings is 4. The van der Waals surface area contributed by atoms with Gasteiger partial charge in [-0.25, -0.2) is 9.59 Å². The minimum atomic E-state index is -0.177. The molecule has 2 amide bonds. The van der Waals surface area contributed by atoms with Gasteiger partial charge in [0.15, 0.2) is 0 Å². The number of piperidine rings is 2. The molecule has 4 aromatic carbocycles. The molecule has 0 unspecified atom stereocenters. The fourth-order valence-corrected chi connectivity index (χ4v) is 8.87. The van der Waals surface area contributed by atoms with E-state index in [0.717, 1.165) is 51.9 Å². The van der Waals surface area contributed by atoms with Gasteiger partial charge in [-0.1, -0.05) is 116 Å². The van der Waals surface area contributed by atoms with Crippen molar-refractivity contribution in [1.82, 2.24) is 9.80 Å². The largest absolute Gasteiger partial charge is 0.448 e. The van der Waals surface area contributed by atoms with Crippen molar-refractivity contribution in [3.63, 3.8) is 0 Å². The Bertz CT molecular complexity index is 1580. The van der Waals surface area contributed by atoms with Crippen molar-refractivity contribution in [2.75, 3.05) is 39.4 Å². The topological polar surface area (TPSA) is 59.1 Å². The summed E-state index contributed by atoms with van der Waals surface area (Å²) in [5.41, 5.74) is 10.00. The number of amides is 2. The molecule has 2 aliphatic heterocycles. The molecule has 0 N–H and O–H groups in total. The van der Waals surface area contributed by atoms with Crippen LogP contribution < -0.4 is 0 Å². The number of hydrogen-bond acceptors (Lipinski definition) is 4. The van der Waals surface area contributed by atoms with Crippen LogP contribution in [0.15, 0.2) is 97.1 Å². The van der Waals surface area contributed by atoms with Crippen molar-refractivity contribution in [1.29, 1.82) is 0 Å². The van der Waals surface area contributed by atoms with E-state index in [2.05, 4.69) is 97.1 Å². The number of carbonyl (C=O) groups excluding carboxylic acids is 2. The average molecular weight is 655 g/mol. The van der Waals surface area contributed by atoms with E-state index in [9.17, 15) is 9.59 Å². The summed E-state index contributed by atoms with van der Waals surface area (Å²) in [5.74, 6) is 1.52. The van der Waals surface area contributed by atoms with Gasteiger partial charge in [0.2, 0.25) is 0 Å². The maximum absolute atomic E-state index is 13.1. The van der Waals surface area contributed by atoms with E-state index in [-0.39, 0.29) is 24.0 Å². The predicted octanol–water partition coefficient (Wildman–Crippen LogP) is 9.48. The number of likely N-dealkylation sites (tertiary alicyclic amines) is 2. The van der Waals surface area contributed by atoms with Gasteiger partial charge in [0, 0.05) is 38.0 Å². The third-order valence-corrected chi connectivity index (χ3v) is 11.6. The number of carbonyl (C=O) groups is 2. The van der Waals surface area contributed by atoms with Crippen LogP contribution in [0, 0.1) is 11.8 Å². The van der Waals surface area contributed by atoms with Gasteiger partial charge in [-0.05, 0) is 82.0 Å². The standard InChI is InChI=1S/C43H46N2O4/c46-42(48-28-40-36-16-5-1-12-32(36)33-13-2-6-17-37(33)40)44-24-20-30(21-25-44)10-9-11-31-22-26-45(27-23-31)43(47)49-29-41-38-18-7-3-14-34(38)35-15-4-8-19-39(35)41/h1-8,12-19,30-31,40-41H,9-11,20-29H2. The van der Waals surface area contributed by atoms with E-state index in [1.807, 2.05) is 9.80 Å². The molecular formula is C43H46N2O4. The van der Waals surface area contributed by atoms with Gasteiger partial charge in [-0.2, -0.15) is 0 Å². The third-order valence-electron chi connectivity index (χ3n) is 11.6. The Balaban J connectivity index is 0.730. The molecule has 6 heteroatoms. The summed E-state index contributed by atoms with van der Waals surface area (Å²) < 4.78 is 11.8. The molecule has 4 aliphatic rings. The van der Waals surface area contributed by atoms with Crippen molar-refractivity contribution < 1.29 is 19.1 Å². The molecular weight excluding hydrogens is 608 g/mol. The summed E-state index contributed by atoms with van der Waals surface area (Å²) in [4.78, 5) is 29.9. The molecule has 0 radical (unpaired) electrons. The van der Waals surface area contributed by atoms with E-state index in [1.165, 1.54) is 63.8 Å². The summed E-state index contributed by atoms with van der Waals surface area (Å²) in [5, 5.41) is 0. The van der Waals surface area contributed by atoms with E-state index in [1.54, 1.807) is 0 Å². The van der Waals surface area contributed by atoms with Crippen LogP contribution in [0.1, 0.15) is 79.0 Å². The Kier molecular flexibility index (Phi) is 9.12. The Labute approximate surface area is 290 Å². The van der Waals surface area contributed by atoms with Crippen molar-refractivity contribution >= 4 is 12.2 Å². The second-order valence-electron chi connectivity index (χ2n) is 14.4. The summed E-state index contributed by atoms with van der Waals surface area (Å²) in [6.07, 6.45) is 7.47. The highest BCUT2D eigenvalue weighted by atomic mass is 16.6. The van der Waals surface area contributed by atoms with Gasteiger partial charge in [0.25, 0.3) is 0 Å². The molecule has 49 heavy (non-hydrogen) atoms. The van der Waals surface area contributed by atoms with Crippen molar-refractivity contribution in [2.24, 2.45) is 11.8 Å². The van der Waals surface area contributed by atoms with Crippen LogP contribution in [0.4, 0.5) is 9.59 Å². The number of ether oxygens (including phenoxy) is 2. The quantitative estimate of drug-likeness (QED) is 0.190. The van der Waals surface area contributed by atoms with Crippen LogP contribution in [-0.4, -0.2) is 61.4 Å². The lowest BCUT2D eigenvalue weighted by Crippen LogP contribution is -2.39. The van der Waals surface area contributed by atoms with Gasteiger partial charge in [-0.15, -0.1) is 0 Å². The first-order valence-electron chi connectivity index (χ1n) is 18.3. The van der Waals surface area contributed by atoms with Crippen molar-refractivity contribution in [3.05, 3.63) is 119 Å². The van der Waals surface area contributed by atoms with E-state index in [4.69, 9.17) is 9.47 Å². The highest BCUT2D eigenvalue weighted by molar-refractivity contribution is 5.80. The molecule has 4 aromatic rings. The first-order valence-corrected chi connectivity index (χ1v) is 18.3. The molecule has 8 rings (SSSR count). The zero-order chi connectivity index (χ0) is 33.2. The van der Waals surface area contributed by atoms with E-state index in [0.29, 0.717) is 25.0 Å². The third kappa shape index (κ3) is 6.46. The summed E-state index contributed by atoms with van der Waals surface area (Å²) in [6.45, 7) is 3.87. The smallest absolute Gasteiger partial charge is 0.409 e. The number of hydrogen-bond donors (Lipinski definition) is 0. The minimum Gasteiger partial charge on any atom is -0.448 e. The van der Waals surface area contributed by atoms with Crippen molar-refractivity contribution in [2.45, 2.75) is 56.8 Å². The highest BCUT2D eigenvalue weighted by Gasteiger charge is 2.32. The SMILES string of the molecule is O=C(OCC1c2ccccc2-c2ccccc21)N1CCC(CCCC2CCN(C(=O)OCC3c4ccccc4-c4ccccc43)CC2)CC1. The summed E-state index contributed by atoms with van der Waals surface area (Å²) in [7, 11) is 0. The van der Waals surface area contributed by atoms with Gasteiger partial charge >= 0.3 is 12.2 Å². The zero-order valence-corrected chi connectivity index (χ0v) is 28.3. The normalized spacial score (nSPS) is 17.7. The van der Waals surface area contributed by atoms with Gasteiger partial charge in [0.1, 0.15) is 13.2 Å². The highest BCUT2D eigenvalue weighted by Crippen LogP contribution is 2.46. The molecule has 0 aromatic heterocycles. The van der Waals surface area contributed by atoms with Crippen LogP contribution in [0.2, 0.25) is 0 Å². The Morgan fingerprint density at radius 2 is 0.796 bits per heavy atom. The molecule has 0 atom stereocenters. The van der Waals surface area contributed by atoms with Crippen LogP contribution in [0.5, 0.6) is 0 Å². The number of fused-ring (bicyclic) bond motifs is 6. The Hall–Kier alpha value is -4.58. The van der Waals surface area contributed by atoms with Gasteiger partial charge < -0.3 is 19.3 Å². The summed E-state index contributed by atoms with van der Waals surface area (Å²) in [6, 6.07) is 33.9. The molecule has 6 nitrogen and oxygen atoms in total. The van der Waals surface area contributed by atoms with Crippen LogP contribution >= 0.6 is 0 Å². The lowest BCUT2D eigenvalue weighted by atomic mass is 9.87. The van der Waals surface area contributed by atoms with Gasteiger partial charge in [0.05, 0.1) is 0 Å². The molecule has 2 fully saturated rings.